The molecule has 9 aliphatic rings. The summed E-state index contributed by atoms with van der Waals surface area (Å²) in [4.78, 5) is 54.3. The number of carbonyl (C=O) groups is 3. The highest BCUT2D eigenvalue weighted by atomic mass is 16.5. The molecule has 6 heterocycles. The highest BCUT2D eigenvalue weighted by molar-refractivity contribution is 5.95. The number of benzene rings is 2. The molecule has 77 heavy (non-hydrogen) atoms. The minimum absolute atomic E-state index is 0.00249. The molecule has 10 atom stereocenters. The van der Waals surface area contributed by atoms with Gasteiger partial charge in [0.15, 0.2) is 11.4 Å². The molecule has 3 aromatic rings. The molecule has 17 nitrogen and oxygen atoms in total. The van der Waals surface area contributed by atoms with Crippen LogP contribution in [0, 0.1) is 22.2 Å². The number of Topliss-reactive ketones (excluding diaryl/α,β-unsaturated/α-hetero) is 1. The number of methoxy groups -OCH3 is 3. The number of aliphatic hydroxyl groups is 3. The van der Waals surface area contributed by atoms with Gasteiger partial charge >= 0.3 is 5.97 Å². The van der Waals surface area contributed by atoms with Gasteiger partial charge < -0.3 is 59.5 Å². The first-order chi connectivity index (χ1) is 37.0. The lowest BCUT2D eigenvalue weighted by Crippen LogP contribution is -2.81. The fraction of sp³-hybridized carbons (Fsp3) is 0.683. The van der Waals surface area contributed by atoms with Crippen molar-refractivity contribution in [3.63, 3.8) is 0 Å². The number of hydrogen-bond donors (Lipinski definition) is 6. The van der Waals surface area contributed by atoms with Crippen molar-refractivity contribution >= 4 is 34.3 Å². The second kappa shape index (κ2) is 20.6. The Morgan fingerprint density at radius 1 is 0.870 bits per heavy atom. The summed E-state index contributed by atoms with van der Waals surface area (Å²) in [6.07, 6.45) is 10.9. The second-order valence-corrected chi connectivity index (χ2v) is 25.0. The summed E-state index contributed by atoms with van der Waals surface area (Å²) in [5, 5.41) is 46.7. The Morgan fingerprint density at radius 2 is 1.60 bits per heavy atom. The van der Waals surface area contributed by atoms with E-state index in [0.717, 1.165) is 78.5 Å². The lowest BCUT2D eigenvalue weighted by Gasteiger charge is -2.62. The molecular formula is C60H84N6O11. The van der Waals surface area contributed by atoms with Crippen LogP contribution in [0.5, 0.6) is 5.75 Å². The van der Waals surface area contributed by atoms with Crippen LogP contribution in [0.1, 0.15) is 100 Å². The summed E-state index contributed by atoms with van der Waals surface area (Å²) in [5.74, 6) is -0.627. The third-order valence-corrected chi connectivity index (χ3v) is 20.9. The van der Waals surface area contributed by atoms with Gasteiger partial charge in [-0.3, -0.25) is 24.2 Å². The number of esters is 1. The number of H-pyrrole nitrogens is 1. The molecule has 4 bridgehead atoms. The summed E-state index contributed by atoms with van der Waals surface area (Å²) in [6.45, 7) is 10.5. The summed E-state index contributed by atoms with van der Waals surface area (Å²) >= 11 is 0. The van der Waals surface area contributed by atoms with Crippen molar-refractivity contribution in [3.05, 3.63) is 70.9 Å². The Balaban J connectivity index is 0.914. The van der Waals surface area contributed by atoms with Gasteiger partial charge in [-0.15, -0.1) is 0 Å². The van der Waals surface area contributed by atoms with Crippen LogP contribution in [0.3, 0.4) is 0 Å². The standard InChI is InChI=1S/C60H84N6O11/c1-7-57(71)31-39-32-59(53(70)75-6,48-42(13-23-65(34-39)38-57)41-11-8-9-12-45(41)63-48)44-29-43-46(30-47(44)74-5)64(3)50-58(43)21-24-66-22-10-14-54(2,49(58)66)51(68)60(50,72)52(69)62-37-56-18-15-55(16-19-56,17-20-56)36-61-33-40(67)35-77-28-27-76-26-25-73-4/h8-12,14,29-30,39,49-51,61,63,68,71-72H,7,13,15-28,31-38H2,1-6H3,(H,62,69)/t39?,49?,50?,51-,54-,55?,56?,57+,58?,59+,60+/m1/s1. The summed E-state index contributed by atoms with van der Waals surface area (Å²) in [7, 11) is 6.63. The number of para-hydroxylation sites is 1. The zero-order chi connectivity index (χ0) is 54.2. The first-order valence-electron chi connectivity index (χ1n) is 28.6. The SMILES string of the molecule is CC[C@]1(O)CC2CN(CCc3c([nH]c4ccccc34)[C@@](C(=O)OC)(c3cc4c(cc3OC)N(C)C3C45CCN4CC=C[C@](C)(C45)[C@@H](O)[C@]3(O)C(=O)NCC34CCC(CNCC(=O)COCCOCCOC)(CC3)CC4)C2)C1. The number of aromatic amines is 1. The minimum Gasteiger partial charge on any atom is -0.496 e. The molecule has 4 aliphatic carbocycles. The lowest BCUT2D eigenvalue weighted by atomic mass is 9.48. The quantitative estimate of drug-likeness (QED) is 0.0567. The molecule has 0 radical (unpaired) electrons. The predicted octanol–water partition coefficient (Wildman–Crippen LogP) is 4.15. The van der Waals surface area contributed by atoms with Gasteiger partial charge in [-0.1, -0.05) is 44.2 Å². The number of likely N-dealkylation sites (N-methyl/N-ethyl adjacent to an activating group) is 1. The van der Waals surface area contributed by atoms with E-state index >= 15 is 9.59 Å². The van der Waals surface area contributed by atoms with Crippen molar-refractivity contribution < 1.29 is 53.4 Å². The molecule has 5 aliphatic heterocycles. The molecule has 1 spiro atoms. The van der Waals surface area contributed by atoms with E-state index in [0.29, 0.717) is 109 Å². The fourth-order valence-electron chi connectivity index (χ4n) is 17.1. The molecule has 2 aromatic carbocycles. The van der Waals surface area contributed by atoms with E-state index in [1.54, 1.807) is 14.2 Å². The van der Waals surface area contributed by atoms with Crippen LogP contribution < -0.4 is 20.3 Å². The van der Waals surface area contributed by atoms with Crippen molar-refractivity contribution in [1.29, 1.82) is 0 Å². The number of piperidine rings is 1. The monoisotopic (exact) mass is 1060 g/mol. The number of ketones is 1. The number of hydrogen-bond acceptors (Lipinski definition) is 15. The number of rotatable bonds is 19. The molecule has 6 fully saturated rings. The molecular weight excluding hydrogens is 981 g/mol. The molecule has 4 saturated carbocycles. The van der Waals surface area contributed by atoms with Crippen molar-refractivity contribution in [2.45, 2.75) is 125 Å². The number of ether oxygens (including phenoxy) is 5. The molecule has 6 N–H and O–H groups in total. The van der Waals surface area contributed by atoms with E-state index in [4.69, 9.17) is 23.7 Å². The Hall–Kier alpha value is -4.43. The van der Waals surface area contributed by atoms with Crippen molar-refractivity contribution in [3.8, 4) is 5.75 Å². The number of aromatic nitrogens is 1. The Morgan fingerprint density at radius 3 is 2.32 bits per heavy atom. The Labute approximate surface area is 453 Å². The van der Waals surface area contributed by atoms with Crippen molar-refractivity contribution in [2.75, 3.05) is 119 Å². The predicted molar refractivity (Wildman–Crippen MR) is 291 cm³/mol. The van der Waals surface area contributed by atoms with Crippen LogP contribution in [0.4, 0.5) is 5.69 Å². The van der Waals surface area contributed by atoms with Crippen molar-refractivity contribution in [1.82, 2.24) is 25.4 Å². The number of nitrogens with one attached hydrogen (secondary N) is 3. The van der Waals surface area contributed by atoms with E-state index in [1.165, 1.54) is 7.11 Å². The van der Waals surface area contributed by atoms with Gasteiger partial charge in [0.25, 0.3) is 5.91 Å². The number of anilines is 1. The minimum atomic E-state index is -2.27. The molecule has 1 aromatic heterocycles. The third-order valence-electron chi connectivity index (χ3n) is 20.9. The number of nitrogens with zero attached hydrogens (tertiary/aromatic N) is 3. The molecule has 17 heteroatoms. The molecule has 2 saturated heterocycles. The Bertz CT molecular complexity index is 2740. The van der Waals surface area contributed by atoms with Crippen LogP contribution in [-0.4, -0.2) is 191 Å². The lowest BCUT2D eigenvalue weighted by molar-refractivity contribution is -0.200. The molecule has 1 amide bonds. The van der Waals surface area contributed by atoms with E-state index in [2.05, 4.69) is 49.7 Å². The molecule has 12 rings (SSSR count). The van der Waals surface area contributed by atoms with Crippen LogP contribution >= 0.6 is 0 Å². The first-order valence-corrected chi connectivity index (χ1v) is 28.6. The smallest absolute Gasteiger partial charge is 0.322 e. The molecule has 420 valence electrons. The van der Waals surface area contributed by atoms with E-state index in [9.17, 15) is 20.1 Å². The maximum atomic E-state index is 15.6. The van der Waals surface area contributed by atoms with Gasteiger partial charge in [0, 0.05) is 104 Å². The second-order valence-electron chi connectivity index (χ2n) is 25.0. The van der Waals surface area contributed by atoms with Crippen LogP contribution in [0.25, 0.3) is 10.9 Å². The molecule has 5 unspecified atom stereocenters. The Kier molecular flexibility index (Phi) is 14.6. The average Bonchev–Trinajstić information content (AvgIpc) is 4.32. The van der Waals surface area contributed by atoms with Crippen LogP contribution in [-0.2, 0) is 50.6 Å². The number of amides is 1. The maximum Gasteiger partial charge on any atom is 0.322 e. The van der Waals surface area contributed by atoms with Crippen molar-refractivity contribution in [2.24, 2.45) is 22.2 Å². The van der Waals surface area contributed by atoms with E-state index in [-0.39, 0.29) is 41.7 Å². The van der Waals surface area contributed by atoms with Gasteiger partial charge in [0.05, 0.1) is 58.8 Å². The fourth-order valence-corrected chi connectivity index (χ4v) is 17.1. The average molecular weight is 1070 g/mol. The zero-order valence-electron chi connectivity index (χ0n) is 46.3. The summed E-state index contributed by atoms with van der Waals surface area (Å²) < 4.78 is 28.4. The van der Waals surface area contributed by atoms with Gasteiger partial charge in [-0.25, -0.2) is 0 Å². The largest absolute Gasteiger partial charge is 0.496 e. The van der Waals surface area contributed by atoms with Gasteiger partial charge in [0.2, 0.25) is 0 Å². The normalized spacial score (nSPS) is 36.8. The van der Waals surface area contributed by atoms with Crippen LogP contribution in [0.2, 0.25) is 0 Å². The topological polar surface area (TPSA) is 208 Å². The van der Waals surface area contributed by atoms with Crippen LogP contribution in [0.15, 0.2) is 48.6 Å². The van der Waals surface area contributed by atoms with E-state index in [1.807, 2.05) is 50.1 Å². The zero-order valence-corrected chi connectivity index (χ0v) is 46.3. The number of aliphatic hydroxyl groups excluding tert-OH is 1. The maximum absolute atomic E-state index is 15.6. The first kappa shape index (κ1) is 54.5. The highest BCUT2D eigenvalue weighted by Gasteiger charge is 2.78. The third kappa shape index (κ3) is 8.70. The number of carbonyl (C=O) groups excluding carboxylic acids is 3. The van der Waals surface area contributed by atoms with E-state index < -0.39 is 51.5 Å². The summed E-state index contributed by atoms with van der Waals surface area (Å²) in [5.41, 5.74) is -1.63. The van der Waals surface area contributed by atoms with Gasteiger partial charge in [-0.05, 0) is 117 Å². The highest BCUT2D eigenvalue weighted by Crippen LogP contribution is 2.67. The van der Waals surface area contributed by atoms with Gasteiger partial charge in [0.1, 0.15) is 23.9 Å². The van der Waals surface area contributed by atoms with Gasteiger partial charge in [-0.2, -0.15) is 0 Å². The number of fused-ring (bicyclic) bond motifs is 9. The summed E-state index contributed by atoms with van der Waals surface area (Å²) in [6, 6.07) is 11.1.